The van der Waals surface area contributed by atoms with Gasteiger partial charge in [0.05, 0.1) is 0 Å². The van der Waals surface area contributed by atoms with Gasteiger partial charge in [-0.05, 0) is 0 Å². The Labute approximate surface area is 103 Å². The van der Waals surface area contributed by atoms with E-state index in [2.05, 4.69) is 0 Å². The van der Waals surface area contributed by atoms with Gasteiger partial charge in [-0.3, -0.25) is 0 Å². The van der Waals surface area contributed by atoms with E-state index in [4.69, 9.17) is 24.4 Å². The fourth-order valence-electron chi connectivity index (χ4n) is 0. The molecule has 0 aromatic carbocycles. The van der Waals surface area contributed by atoms with Crippen molar-refractivity contribution in [3.63, 3.8) is 0 Å². The normalized spacial score (nSPS) is 7.78. The second-order valence-electron chi connectivity index (χ2n) is 0.461. The minimum atomic E-state index is -3.29. The fourth-order valence-corrected chi connectivity index (χ4v) is 0. The summed E-state index contributed by atoms with van der Waals surface area (Å²) in [5, 5.41) is 0. The summed E-state index contributed by atoms with van der Waals surface area (Å²) in [6.07, 6.45) is 0. The second kappa shape index (κ2) is 12.8. The Balaban J connectivity index is -0.0000000720. The van der Waals surface area contributed by atoms with Crippen molar-refractivity contribution in [2.24, 2.45) is 0 Å². The van der Waals surface area contributed by atoms with Crippen LogP contribution in [0, 0.1) is 0 Å². The molecular weight excluding hydrogens is 293 g/mol. The molecule has 6 nitrogen and oxygen atoms in total. The molecule has 0 bridgehead atoms. The van der Waals surface area contributed by atoms with Crippen LogP contribution in [-0.2, 0) is 7.67 Å². The second-order valence-corrected chi connectivity index (χ2v) is 2.40. The predicted molar refractivity (Wildman–Crippen MR) is 27.5 cm³/mol. The number of rotatable bonds is 0. The monoisotopic (exact) mass is 299 g/mol. The molecule has 0 rings (SSSR count). The molecule has 0 aliphatic carbocycles. The minimum Gasteiger partial charge on any atom is 0 e. The van der Waals surface area contributed by atoms with Gasteiger partial charge in [-0.25, -0.2) is 0 Å². The molecule has 53 valence electrons. The van der Waals surface area contributed by atoms with Crippen molar-refractivity contribution < 1.29 is 24.4 Å². The van der Waals surface area contributed by atoms with Gasteiger partial charge in [-0.15, -0.1) is 0 Å². The van der Waals surface area contributed by atoms with Crippen molar-refractivity contribution in [3.05, 3.63) is 0 Å². The Kier molecular flexibility index (Phi) is 24.5. The van der Waals surface area contributed by atoms with Gasteiger partial charge in [0, 0.05) is 51.4 Å². The molecule has 0 aliphatic rings. The molecule has 0 fully saturated rings. The Bertz CT molecular complexity index is 69.1. The van der Waals surface area contributed by atoms with Gasteiger partial charge in [0.2, 0.25) is 0 Å². The van der Waals surface area contributed by atoms with Crippen LogP contribution in [0.2, 0.25) is 0 Å². The van der Waals surface area contributed by atoms with Gasteiger partial charge in [-0.2, -0.15) is 0 Å². The van der Waals surface area contributed by atoms with E-state index in [1.807, 2.05) is 0 Å². The van der Waals surface area contributed by atoms with Gasteiger partial charge in [0.25, 0.3) is 0 Å². The zero-order valence-corrected chi connectivity index (χ0v) is 11.0. The Morgan fingerprint density at radius 1 is 0.778 bits per heavy atom. The smallest absolute Gasteiger partial charge is 0 e. The van der Waals surface area contributed by atoms with Crippen LogP contribution >= 0.6 is 0 Å². The van der Waals surface area contributed by atoms with E-state index in [-0.39, 0.29) is 51.4 Å². The molecule has 0 aromatic heterocycles. The zero-order valence-electron chi connectivity index (χ0n) is 4.42. The summed E-state index contributed by atoms with van der Waals surface area (Å²) in [5.41, 5.74) is 0. The SMILES string of the molecule is O=[Se](O)O.O=[Se](O)O.[K]. The number of hydrogen-bond acceptors (Lipinski definition) is 2. The molecule has 0 amide bonds. The van der Waals surface area contributed by atoms with Crippen LogP contribution in [0.25, 0.3) is 0 Å². The first-order chi connectivity index (χ1) is 3.46. The van der Waals surface area contributed by atoms with E-state index < -0.39 is 29.0 Å². The van der Waals surface area contributed by atoms with E-state index in [1.54, 1.807) is 0 Å². The van der Waals surface area contributed by atoms with Crippen LogP contribution in [0.1, 0.15) is 0 Å². The molecule has 0 saturated carbocycles. The third-order valence-electron chi connectivity index (χ3n) is 0. The summed E-state index contributed by atoms with van der Waals surface area (Å²) in [6, 6.07) is 0. The standard InChI is InChI=1S/K.2H2O3Se/c;2*1-4(2)3/h;2*(H2,1,2,3). The molecule has 4 N–H and O–H groups in total. The van der Waals surface area contributed by atoms with Gasteiger partial charge < -0.3 is 0 Å². The van der Waals surface area contributed by atoms with E-state index in [0.717, 1.165) is 0 Å². The predicted octanol–water partition coefficient (Wildman–Crippen LogP) is -3.61. The molecule has 0 atom stereocenters. The maximum atomic E-state index is 8.76. The fraction of sp³-hybridized carbons (Fsp3) is 0. The van der Waals surface area contributed by atoms with Crippen molar-refractivity contribution >= 4 is 80.4 Å². The first kappa shape index (κ1) is 17.3. The maximum Gasteiger partial charge on any atom is 0 e. The minimum absolute atomic E-state index is 0. The van der Waals surface area contributed by atoms with Crippen molar-refractivity contribution in [3.8, 4) is 0 Å². The zero-order chi connectivity index (χ0) is 7.15. The van der Waals surface area contributed by atoms with Gasteiger partial charge >= 0.3 is 53.4 Å². The van der Waals surface area contributed by atoms with Crippen LogP contribution in [-0.4, -0.2) is 97.1 Å². The molecule has 0 spiro atoms. The average Bonchev–Trinajstić information content (AvgIpc) is 1.25. The Morgan fingerprint density at radius 3 is 0.778 bits per heavy atom. The first-order valence-electron chi connectivity index (χ1n) is 1.06. The maximum absolute atomic E-state index is 8.76. The Morgan fingerprint density at radius 2 is 0.778 bits per heavy atom. The third-order valence-corrected chi connectivity index (χ3v) is 0. The summed E-state index contributed by atoms with van der Waals surface area (Å²) < 4.78 is 46.2. The molecule has 0 saturated heterocycles. The average molecular weight is 297 g/mol. The molecule has 1 radical (unpaired) electrons. The van der Waals surface area contributed by atoms with E-state index in [1.165, 1.54) is 0 Å². The summed E-state index contributed by atoms with van der Waals surface area (Å²) in [6.45, 7) is 0. The van der Waals surface area contributed by atoms with E-state index in [0.29, 0.717) is 0 Å². The number of hydrogen-bond donors (Lipinski definition) is 4. The molecule has 0 aromatic rings. The van der Waals surface area contributed by atoms with Crippen molar-refractivity contribution in [2.75, 3.05) is 0 Å². The van der Waals surface area contributed by atoms with Crippen LogP contribution in [0.5, 0.6) is 0 Å². The summed E-state index contributed by atoms with van der Waals surface area (Å²) in [4.78, 5) is 0. The third kappa shape index (κ3) is 149. The van der Waals surface area contributed by atoms with E-state index in [9.17, 15) is 0 Å². The van der Waals surface area contributed by atoms with Gasteiger partial charge in [0.15, 0.2) is 0 Å². The van der Waals surface area contributed by atoms with Crippen LogP contribution in [0.15, 0.2) is 0 Å². The van der Waals surface area contributed by atoms with Crippen LogP contribution < -0.4 is 0 Å². The summed E-state index contributed by atoms with van der Waals surface area (Å²) in [7, 11) is 0. The quantitative estimate of drug-likeness (QED) is 0.343. The van der Waals surface area contributed by atoms with Crippen molar-refractivity contribution in [1.29, 1.82) is 0 Å². The molecule has 0 aliphatic heterocycles. The van der Waals surface area contributed by atoms with E-state index >= 15 is 0 Å². The van der Waals surface area contributed by atoms with Crippen LogP contribution in [0.3, 0.4) is 0 Å². The Hall–Kier alpha value is 2.12. The molecule has 0 unspecified atom stereocenters. The molecule has 9 heavy (non-hydrogen) atoms. The van der Waals surface area contributed by atoms with Gasteiger partial charge in [-0.1, -0.05) is 0 Å². The molecule has 0 heterocycles. The molecule has 9 heteroatoms. The first-order valence-corrected chi connectivity index (χ1v) is 5.53. The van der Waals surface area contributed by atoms with Crippen LogP contribution in [0.4, 0.5) is 0 Å². The largest absolute Gasteiger partial charge is 0 e. The van der Waals surface area contributed by atoms with Crippen molar-refractivity contribution in [2.45, 2.75) is 0 Å². The van der Waals surface area contributed by atoms with Crippen molar-refractivity contribution in [1.82, 2.24) is 0 Å². The molecular formula is H4KO6Se2. The summed E-state index contributed by atoms with van der Waals surface area (Å²) in [5.74, 6) is 0. The van der Waals surface area contributed by atoms with Gasteiger partial charge in [0.1, 0.15) is 0 Å². The summed E-state index contributed by atoms with van der Waals surface area (Å²) >= 11 is -6.58. The topological polar surface area (TPSA) is 115 Å².